The van der Waals surface area contributed by atoms with Crippen LogP contribution in [0.4, 0.5) is 0 Å². The van der Waals surface area contributed by atoms with Gasteiger partial charge in [-0.05, 0) is 33.6 Å². The van der Waals surface area contributed by atoms with Crippen LogP contribution in [0, 0.1) is 0 Å². The highest BCUT2D eigenvalue weighted by Crippen LogP contribution is 2.29. The molecule has 0 radical (unpaired) electrons. The molecular weight excluding hydrogens is 242 g/mol. The van der Waals surface area contributed by atoms with E-state index in [2.05, 4.69) is 76.9 Å². The number of hydrogen-bond acceptors (Lipinski definition) is 1. The molecule has 0 aliphatic heterocycles. The van der Waals surface area contributed by atoms with Crippen molar-refractivity contribution in [3.63, 3.8) is 0 Å². The van der Waals surface area contributed by atoms with Crippen molar-refractivity contribution in [3.05, 3.63) is 53.9 Å². The fraction of sp³-hybridized carbons (Fsp3) is 0.421. The molecule has 20 heavy (non-hydrogen) atoms. The van der Waals surface area contributed by atoms with Gasteiger partial charge in [0, 0.05) is 18.0 Å². The molecule has 106 valence electrons. The highest BCUT2D eigenvalue weighted by molar-refractivity contribution is 5.64. The molecule has 0 fully saturated rings. The molecule has 2 aromatic rings. The van der Waals surface area contributed by atoms with Crippen LogP contribution in [-0.2, 0) is 10.8 Å². The van der Waals surface area contributed by atoms with E-state index < -0.39 is 0 Å². The van der Waals surface area contributed by atoms with E-state index in [-0.39, 0.29) is 10.8 Å². The van der Waals surface area contributed by atoms with Crippen LogP contribution < -0.4 is 0 Å². The molecule has 1 heterocycles. The zero-order valence-electron chi connectivity index (χ0n) is 13.5. The first-order valence-corrected chi connectivity index (χ1v) is 7.24. The standard InChI is InChI=1S/C19H25N/c1-18(2,3)16-9-7-8-14(10-16)15-11-17(13-20-12-15)19(4,5)6/h7-13H,1-6H3. The van der Waals surface area contributed by atoms with E-state index >= 15 is 0 Å². The lowest BCUT2D eigenvalue weighted by atomic mass is 9.84. The number of hydrogen-bond donors (Lipinski definition) is 0. The molecule has 0 amide bonds. The summed E-state index contributed by atoms with van der Waals surface area (Å²) in [6, 6.07) is 11.0. The Labute approximate surface area is 123 Å². The lowest BCUT2D eigenvalue weighted by Gasteiger charge is -2.21. The van der Waals surface area contributed by atoms with Crippen molar-refractivity contribution in [1.82, 2.24) is 4.98 Å². The molecule has 1 aromatic carbocycles. The molecule has 0 aliphatic rings. The van der Waals surface area contributed by atoms with Gasteiger partial charge in [0.05, 0.1) is 0 Å². The second kappa shape index (κ2) is 5.05. The van der Waals surface area contributed by atoms with E-state index in [4.69, 9.17) is 0 Å². The maximum absolute atomic E-state index is 4.42. The van der Waals surface area contributed by atoms with Crippen LogP contribution in [0.2, 0.25) is 0 Å². The molecule has 0 saturated carbocycles. The second-order valence-corrected chi connectivity index (χ2v) is 7.54. The highest BCUT2D eigenvalue weighted by Gasteiger charge is 2.16. The minimum atomic E-state index is 0.130. The van der Waals surface area contributed by atoms with Crippen LogP contribution in [0.25, 0.3) is 11.1 Å². The highest BCUT2D eigenvalue weighted by atomic mass is 14.6. The van der Waals surface area contributed by atoms with Crippen LogP contribution >= 0.6 is 0 Å². The second-order valence-electron chi connectivity index (χ2n) is 7.54. The first-order chi connectivity index (χ1) is 9.18. The van der Waals surface area contributed by atoms with E-state index in [9.17, 15) is 0 Å². The van der Waals surface area contributed by atoms with Crippen LogP contribution in [0.3, 0.4) is 0 Å². The summed E-state index contributed by atoms with van der Waals surface area (Å²) in [7, 11) is 0. The van der Waals surface area contributed by atoms with Crippen molar-refractivity contribution in [1.29, 1.82) is 0 Å². The molecule has 1 nitrogen and oxygen atoms in total. The predicted octanol–water partition coefficient (Wildman–Crippen LogP) is 5.34. The normalized spacial score (nSPS) is 12.5. The third-order valence-corrected chi connectivity index (χ3v) is 3.67. The van der Waals surface area contributed by atoms with Gasteiger partial charge in [0.1, 0.15) is 0 Å². The number of nitrogens with zero attached hydrogens (tertiary/aromatic N) is 1. The lowest BCUT2D eigenvalue weighted by Crippen LogP contribution is -2.12. The summed E-state index contributed by atoms with van der Waals surface area (Å²) in [6.45, 7) is 13.4. The van der Waals surface area contributed by atoms with E-state index in [1.54, 1.807) is 0 Å². The maximum atomic E-state index is 4.42. The number of benzene rings is 1. The third-order valence-electron chi connectivity index (χ3n) is 3.67. The van der Waals surface area contributed by atoms with Gasteiger partial charge in [0.2, 0.25) is 0 Å². The molecule has 1 aromatic heterocycles. The van der Waals surface area contributed by atoms with Crippen molar-refractivity contribution in [2.24, 2.45) is 0 Å². The number of aromatic nitrogens is 1. The largest absolute Gasteiger partial charge is 0.264 e. The zero-order chi connectivity index (χ0) is 15.0. The summed E-state index contributed by atoms with van der Waals surface area (Å²) in [4.78, 5) is 4.42. The monoisotopic (exact) mass is 267 g/mol. The molecule has 0 spiro atoms. The van der Waals surface area contributed by atoms with Crippen LogP contribution in [-0.4, -0.2) is 4.98 Å². The maximum Gasteiger partial charge on any atom is 0.0346 e. The predicted molar refractivity (Wildman–Crippen MR) is 87.1 cm³/mol. The van der Waals surface area contributed by atoms with Crippen LogP contribution in [0.15, 0.2) is 42.7 Å². The Kier molecular flexibility index (Phi) is 3.73. The Morgan fingerprint density at radius 1 is 0.700 bits per heavy atom. The average Bonchev–Trinajstić information content (AvgIpc) is 2.37. The minimum Gasteiger partial charge on any atom is -0.264 e. The van der Waals surface area contributed by atoms with Gasteiger partial charge in [-0.3, -0.25) is 4.98 Å². The summed E-state index contributed by atoms with van der Waals surface area (Å²) < 4.78 is 0. The van der Waals surface area contributed by atoms with Crippen molar-refractivity contribution >= 4 is 0 Å². The zero-order valence-corrected chi connectivity index (χ0v) is 13.5. The van der Waals surface area contributed by atoms with E-state index in [0.717, 1.165) is 0 Å². The van der Waals surface area contributed by atoms with Gasteiger partial charge in [-0.2, -0.15) is 0 Å². The Morgan fingerprint density at radius 2 is 1.30 bits per heavy atom. The van der Waals surface area contributed by atoms with Crippen LogP contribution in [0.5, 0.6) is 0 Å². The molecule has 0 atom stereocenters. The summed E-state index contributed by atoms with van der Waals surface area (Å²) in [5.74, 6) is 0. The van der Waals surface area contributed by atoms with Crippen molar-refractivity contribution in [2.45, 2.75) is 52.4 Å². The number of pyridine rings is 1. The molecule has 2 rings (SSSR count). The summed E-state index contributed by atoms with van der Waals surface area (Å²) in [5.41, 5.74) is 5.38. The lowest BCUT2D eigenvalue weighted by molar-refractivity contribution is 0.587. The molecule has 0 saturated heterocycles. The Hall–Kier alpha value is -1.63. The molecular formula is C19H25N. The molecule has 0 unspecified atom stereocenters. The van der Waals surface area contributed by atoms with Crippen LogP contribution in [0.1, 0.15) is 52.7 Å². The smallest absolute Gasteiger partial charge is 0.0346 e. The molecule has 0 bridgehead atoms. The van der Waals surface area contributed by atoms with Gasteiger partial charge in [0.15, 0.2) is 0 Å². The van der Waals surface area contributed by atoms with E-state index in [1.165, 1.54) is 22.3 Å². The topological polar surface area (TPSA) is 12.9 Å². The third kappa shape index (κ3) is 3.27. The Balaban J connectivity index is 2.47. The van der Waals surface area contributed by atoms with Gasteiger partial charge in [-0.15, -0.1) is 0 Å². The first-order valence-electron chi connectivity index (χ1n) is 7.24. The Morgan fingerprint density at radius 3 is 1.90 bits per heavy atom. The fourth-order valence-corrected chi connectivity index (χ4v) is 2.17. The van der Waals surface area contributed by atoms with E-state index in [0.29, 0.717) is 0 Å². The van der Waals surface area contributed by atoms with Crippen molar-refractivity contribution < 1.29 is 0 Å². The summed E-state index contributed by atoms with van der Waals surface area (Å²) >= 11 is 0. The molecule has 0 N–H and O–H groups in total. The minimum absolute atomic E-state index is 0.130. The van der Waals surface area contributed by atoms with E-state index in [1.807, 2.05) is 12.4 Å². The van der Waals surface area contributed by atoms with Crippen molar-refractivity contribution in [3.8, 4) is 11.1 Å². The summed E-state index contributed by atoms with van der Waals surface area (Å²) in [6.07, 6.45) is 3.92. The molecule has 1 heteroatoms. The van der Waals surface area contributed by atoms with Gasteiger partial charge in [-0.1, -0.05) is 65.8 Å². The quantitative estimate of drug-likeness (QED) is 0.679. The average molecular weight is 267 g/mol. The molecule has 0 aliphatic carbocycles. The van der Waals surface area contributed by atoms with Crippen molar-refractivity contribution in [2.75, 3.05) is 0 Å². The SMILES string of the molecule is CC(C)(C)c1cccc(-c2cncc(C(C)(C)C)c2)c1. The van der Waals surface area contributed by atoms with Gasteiger partial charge < -0.3 is 0 Å². The Bertz CT molecular complexity index is 542. The fourth-order valence-electron chi connectivity index (χ4n) is 2.17. The number of rotatable bonds is 1. The van der Waals surface area contributed by atoms with Gasteiger partial charge in [-0.25, -0.2) is 0 Å². The summed E-state index contributed by atoms with van der Waals surface area (Å²) in [5, 5.41) is 0. The first kappa shape index (κ1) is 14.8. The van der Waals surface area contributed by atoms with Gasteiger partial charge in [0.25, 0.3) is 0 Å². The van der Waals surface area contributed by atoms with Gasteiger partial charge >= 0.3 is 0 Å².